The van der Waals surface area contributed by atoms with Gasteiger partial charge in [0.1, 0.15) is 0 Å². The summed E-state index contributed by atoms with van der Waals surface area (Å²) in [5, 5.41) is 0. The van der Waals surface area contributed by atoms with Crippen molar-refractivity contribution in [3.8, 4) is 0 Å². The van der Waals surface area contributed by atoms with Gasteiger partial charge in [-0.3, -0.25) is 9.59 Å². The lowest BCUT2D eigenvalue weighted by Gasteiger charge is -2.22. The molecule has 0 aliphatic carbocycles. The van der Waals surface area contributed by atoms with Crippen molar-refractivity contribution in [1.82, 2.24) is 0 Å². The molecule has 88 valence electrons. The summed E-state index contributed by atoms with van der Waals surface area (Å²) in [6.45, 7) is 3.91. The molecule has 0 aromatic heterocycles. The number of esters is 2. The fourth-order valence-electron chi connectivity index (χ4n) is 0.625. The molecule has 0 aromatic rings. The molecular weight excluding hydrogens is 236 g/mol. The third-order valence-electron chi connectivity index (χ3n) is 1.53. The van der Waals surface area contributed by atoms with Crippen LogP contribution in [-0.4, -0.2) is 41.7 Å². The van der Waals surface area contributed by atoms with Crippen molar-refractivity contribution < 1.29 is 19.1 Å². The zero-order chi connectivity index (χ0) is 11.9. The van der Waals surface area contributed by atoms with Crippen LogP contribution in [0.3, 0.4) is 0 Å². The zero-order valence-corrected chi connectivity index (χ0v) is 11.0. The molecule has 0 heterocycles. The van der Waals surface area contributed by atoms with E-state index in [2.05, 4.69) is 9.47 Å². The third-order valence-corrected chi connectivity index (χ3v) is 4.39. The minimum atomic E-state index is -0.258. The smallest absolute Gasteiger partial charge is 0.315 e. The molecule has 15 heavy (non-hydrogen) atoms. The number of ether oxygens (including phenoxy) is 2. The monoisotopic (exact) mass is 252 g/mol. The lowest BCUT2D eigenvalue weighted by molar-refractivity contribution is -0.138. The first-order chi connectivity index (χ1) is 6.91. The summed E-state index contributed by atoms with van der Waals surface area (Å²) in [5.74, 6) is 0.0634. The number of hydrogen-bond donors (Lipinski definition) is 0. The Morgan fingerprint density at radius 3 is 1.60 bits per heavy atom. The Bertz CT molecular complexity index is 206. The van der Waals surface area contributed by atoms with Crippen molar-refractivity contribution in [1.29, 1.82) is 0 Å². The van der Waals surface area contributed by atoms with E-state index in [9.17, 15) is 9.59 Å². The standard InChI is InChI=1S/C9H16O4S2/c1-9(2,14-5-7(10)12-3)15-6-8(11)13-4/h5-6H2,1-4H3. The van der Waals surface area contributed by atoms with Crippen molar-refractivity contribution in [2.75, 3.05) is 25.7 Å². The van der Waals surface area contributed by atoms with E-state index in [4.69, 9.17) is 0 Å². The second-order valence-electron chi connectivity index (χ2n) is 3.13. The Hall–Kier alpha value is -0.360. The number of carbonyl (C=O) groups is 2. The number of rotatable bonds is 6. The van der Waals surface area contributed by atoms with E-state index in [-0.39, 0.29) is 27.5 Å². The molecule has 0 rings (SSSR count). The van der Waals surface area contributed by atoms with Gasteiger partial charge in [0.2, 0.25) is 0 Å². The topological polar surface area (TPSA) is 52.6 Å². The van der Waals surface area contributed by atoms with Gasteiger partial charge in [0, 0.05) is 0 Å². The maximum atomic E-state index is 10.9. The van der Waals surface area contributed by atoms with Gasteiger partial charge in [-0.2, -0.15) is 0 Å². The predicted molar refractivity (Wildman–Crippen MR) is 63.0 cm³/mol. The molecule has 4 nitrogen and oxygen atoms in total. The Morgan fingerprint density at radius 2 is 1.33 bits per heavy atom. The lowest BCUT2D eigenvalue weighted by atomic mass is 10.5. The highest BCUT2D eigenvalue weighted by Crippen LogP contribution is 2.36. The van der Waals surface area contributed by atoms with Gasteiger partial charge in [-0.1, -0.05) is 0 Å². The molecule has 0 atom stereocenters. The summed E-state index contributed by atoms with van der Waals surface area (Å²) in [4.78, 5) is 21.8. The van der Waals surface area contributed by atoms with Crippen molar-refractivity contribution in [3.05, 3.63) is 0 Å². The number of thioether (sulfide) groups is 2. The van der Waals surface area contributed by atoms with Crippen LogP contribution in [0, 0.1) is 0 Å². The lowest BCUT2D eigenvalue weighted by Crippen LogP contribution is -2.17. The summed E-state index contributed by atoms with van der Waals surface area (Å²) in [7, 11) is 2.72. The molecular formula is C9H16O4S2. The highest BCUT2D eigenvalue weighted by atomic mass is 32.2. The van der Waals surface area contributed by atoms with Crippen LogP contribution in [-0.2, 0) is 19.1 Å². The van der Waals surface area contributed by atoms with Crippen LogP contribution in [0.4, 0.5) is 0 Å². The normalized spacial score (nSPS) is 10.9. The first kappa shape index (κ1) is 14.6. The van der Waals surface area contributed by atoms with Crippen molar-refractivity contribution >= 4 is 35.5 Å². The Kier molecular flexibility index (Phi) is 6.84. The average molecular weight is 252 g/mol. The van der Waals surface area contributed by atoms with E-state index in [0.717, 1.165) is 0 Å². The second-order valence-corrected chi connectivity index (χ2v) is 6.58. The van der Waals surface area contributed by atoms with Gasteiger partial charge in [-0.05, 0) is 13.8 Å². The first-order valence-electron chi connectivity index (χ1n) is 4.33. The van der Waals surface area contributed by atoms with Crippen LogP contribution in [0.25, 0.3) is 0 Å². The SMILES string of the molecule is COC(=O)CSC(C)(C)SCC(=O)OC. The summed E-state index contributed by atoms with van der Waals surface area (Å²) >= 11 is 2.89. The van der Waals surface area contributed by atoms with Crippen LogP contribution < -0.4 is 0 Å². The molecule has 0 N–H and O–H groups in total. The van der Waals surface area contributed by atoms with E-state index < -0.39 is 0 Å². The quantitative estimate of drug-likeness (QED) is 0.528. The van der Waals surface area contributed by atoms with Crippen LogP contribution in [0.5, 0.6) is 0 Å². The van der Waals surface area contributed by atoms with Crippen LogP contribution in [0.2, 0.25) is 0 Å². The van der Waals surface area contributed by atoms with Gasteiger partial charge in [-0.15, -0.1) is 23.5 Å². The number of methoxy groups -OCH3 is 2. The first-order valence-corrected chi connectivity index (χ1v) is 6.30. The number of hydrogen-bond acceptors (Lipinski definition) is 6. The van der Waals surface area contributed by atoms with Crippen molar-refractivity contribution in [3.63, 3.8) is 0 Å². The number of carbonyl (C=O) groups excluding carboxylic acids is 2. The van der Waals surface area contributed by atoms with Gasteiger partial charge in [0.25, 0.3) is 0 Å². The summed E-state index contributed by atoms with van der Waals surface area (Å²) in [6, 6.07) is 0. The van der Waals surface area contributed by atoms with Crippen LogP contribution in [0.1, 0.15) is 13.8 Å². The summed E-state index contributed by atoms with van der Waals surface area (Å²) < 4.78 is 8.86. The fraction of sp³-hybridized carbons (Fsp3) is 0.778. The van der Waals surface area contributed by atoms with Crippen LogP contribution >= 0.6 is 23.5 Å². The Balaban J connectivity index is 3.86. The van der Waals surface area contributed by atoms with Crippen LogP contribution in [0.15, 0.2) is 0 Å². The second kappa shape index (κ2) is 7.00. The van der Waals surface area contributed by atoms with E-state index in [0.29, 0.717) is 0 Å². The minimum absolute atomic E-state index is 0.206. The van der Waals surface area contributed by atoms with E-state index in [1.807, 2.05) is 13.8 Å². The molecule has 0 saturated heterocycles. The maximum absolute atomic E-state index is 10.9. The van der Waals surface area contributed by atoms with E-state index >= 15 is 0 Å². The van der Waals surface area contributed by atoms with E-state index in [1.54, 1.807) is 0 Å². The summed E-state index contributed by atoms with van der Waals surface area (Å²) in [5.41, 5.74) is 0. The molecule has 0 aliphatic heterocycles. The Labute approximate surface area is 98.5 Å². The van der Waals surface area contributed by atoms with Gasteiger partial charge in [0.05, 0.1) is 29.8 Å². The zero-order valence-electron chi connectivity index (χ0n) is 9.36. The molecule has 0 unspecified atom stereocenters. The summed E-state index contributed by atoms with van der Waals surface area (Å²) in [6.07, 6.45) is 0. The van der Waals surface area contributed by atoms with Gasteiger partial charge in [-0.25, -0.2) is 0 Å². The molecule has 0 spiro atoms. The molecule has 0 saturated carbocycles. The Morgan fingerprint density at radius 1 is 1.00 bits per heavy atom. The van der Waals surface area contributed by atoms with Gasteiger partial charge >= 0.3 is 11.9 Å². The van der Waals surface area contributed by atoms with E-state index in [1.165, 1.54) is 37.7 Å². The molecule has 0 aliphatic rings. The highest BCUT2D eigenvalue weighted by molar-refractivity contribution is 8.18. The molecule has 0 aromatic carbocycles. The molecule has 0 amide bonds. The largest absolute Gasteiger partial charge is 0.468 e. The molecule has 6 heteroatoms. The molecule has 0 fully saturated rings. The maximum Gasteiger partial charge on any atom is 0.315 e. The predicted octanol–water partition coefficient (Wildman–Crippen LogP) is 1.53. The third kappa shape index (κ3) is 7.56. The molecule has 0 radical (unpaired) electrons. The van der Waals surface area contributed by atoms with Crippen molar-refractivity contribution in [2.45, 2.75) is 17.9 Å². The molecule has 0 bridgehead atoms. The minimum Gasteiger partial charge on any atom is -0.468 e. The fourth-order valence-corrected chi connectivity index (χ4v) is 2.48. The van der Waals surface area contributed by atoms with Crippen molar-refractivity contribution in [2.24, 2.45) is 0 Å². The highest BCUT2D eigenvalue weighted by Gasteiger charge is 2.22. The van der Waals surface area contributed by atoms with Gasteiger partial charge in [0.15, 0.2) is 0 Å². The van der Waals surface area contributed by atoms with Gasteiger partial charge < -0.3 is 9.47 Å². The average Bonchev–Trinajstić information content (AvgIpc) is 2.22.